The highest BCUT2D eigenvalue weighted by Crippen LogP contribution is 2.31. The molecular formula is C14H18ClNO4. The van der Waals surface area contributed by atoms with E-state index in [9.17, 15) is 14.7 Å². The smallest absolute Gasteiger partial charge is 0.408 e. The number of hydrogen-bond donors (Lipinski definition) is 2. The number of nitrogens with zero attached hydrogens (tertiary/aromatic N) is 1. The van der Waals surface area contributed by atoms with Gasteiger partial charge in [0.05, 0.1) is 12.5 Å². The minimum atomic E-state index is -1.15. The topological polar surface area (TPSA) is 77.8 Å². The molecule has 1 amide bonds. The second-order valence-electron chi connectivity index (χ2n) is 5.49. The Morgan fingerprint density at radius 1 is 1.20 bits per heavy atom. The van der Waals surface area contributed by atoms with Crippen molar-refractivity contribution in [2.75, 3.05) is 0 Å². The van der Waals surface area contributed by atoms with Gasteiger partial charge < -0.3 is 10.2 Å². The standard InChI is InChI=1S/C14H18ClNO4/c1-14(2,3)16(13(19)20)11(8-12(17)18)9-4-6-10(15)7-5-9/h4-7,11H,8H2,1-3H3,(H,17,18)(H,19,20)/t11-/m1/s1. The van der Waals surface area contributed by atoms with Crippen LogP contribution in [0.2, 0.25) is 5.02 Å². The molecule has 6 heteroatoms. The third-order valence-electron chi connectivity index (χ3n) is 2.86. The first-order valence-electron chi connectivity index (χ1n) is 6.12. The van der Waals surface area contributed by atoms with E-state index in [1.807, 2.05) is 0 Å². The van der Waals surface area contributed by atoms with Crippen LogP contribution in [0.5, 0.6) is 0 Å². The Hall–Kier alpha value is -1.75. The van der Waals surface area contributed by atoms with Crippen LogP contribution in [-0.4, -0.2) is 32.7 Å². The summed E-state index contributed by atoms with van der Waals surface area (Å²) >= 11 is 5.81. The van der Waals surface area contributed by atoms with E-state index in [1.54, 1.807) is 45.0 Å². The largest absolute Gasteiger partial charge is 0.481 e. The first-order chi connectivity index (χ1) is 9.12. The summed E-state index contributed by atoms with van der Waals surface area (Å²) in [5.41, 5.74) is -0.111. The van der Waals surface area contributed by atoms with Gasteiger partial charge in [-0.2, -0.15) is 0 Å². The summed E-state index contributed by atoms with van der Waals surface area (Å²) < 4.78 is 0. The maximum Gasteiger partial charge on any atom is 0.408 e. The fourth-order valence-corrected chi connectivity index (χ4v) is 2.22. The maximum atomic E-state index is 11.5. The van der Waals surface area contributed by atoms with E-state index in [0.717, 1.165) is 4.90 Å². The molecule has 0 radical (unpaired) electrons. The number of carbonyl (C=O) groups is 2. The summed E-state index contributed by atoms with van der Waals surface area (Å²) in [7, 11) is 0. The summed E-state index contributed by atoms with van der Waals surface area (Å²) in [6.45, 7) is 5.18. The van der Waals surface area contributed by atoms with Crippen molar-refractivity contribution in [1.29, 1.82) is 0 Å². The molecule has 0 aromatic heterocycles. The molecule has 0 spiro atoms. The molecule has 20 heavy (non-hydrogen) atoms. The van der Waals surface area contributed by atoms with E-state index in [2.05, 4.69) is 0 Å². The highest BCUT2D eigenvalue weighted by atomic mass is 35.5. The van der Waals surface area contributed by atoms with Gasteiger partial charge in [0.15, 0.2) is 0 Å². The molecule has 110 valence electrons. The van der Waals surface area contributed by atoms with Gasteiger partial charge in [0.1, 0.15) is 0 Å². The van der Waals surface area contributed by atoms with Gasteiger partial charge in [0, 0.05) is 10.6 Å². The van der Waals surface area contributed by atoms with E-state index in [4.69, 9.17) is 16.7 Å². The van der Waals surface area contributed by atoms with Gasteiger partial charge in [-0.05, 0) is 38.5 Å². The zero-order chi connectivity index (χ0) is 15.5. The Bertz CT molecular complexity index is 493. The predicted molar refractivity (Wildman–Crippen MR) is 76.1 cm³/mol. The van der Waals surface area contributed by atoms with Gasteiger partial charge in [-0.1, -0.05) is 23.7 Å². The quantitative estimate of drug-likeness (QED) is 0.890. The second-order valence-corrected chi connectivity index (χ2v) is 5.93. The van der Waals surface area contributed by atoms with Gasteiger partial charge in [-0.3, -0.25) is 9.69 Å². The van der Waals surface area contributed by atoms with E-state index < -0.39 is 23.6 Å². The molecule has 0 aliphatic rings. The van der Waals surface area contributed by atoms with Crippen LogP contribution in [0.4, 0.5) is 4.79 Å². The molecule has 0 aliphatic heterocycles. The first-order valence-corrected chi connectivity index (χ1v) is 6.50. The Labute approximate surface area is 122 Å². The molecule has 0 saturated carbocycles. The fraction of sp³-hybridized carbons (Fsp3) is 0.429. The minimum Gasteiger partial charge on any atom is -0.481 e. The van der Waals surface area contributed by atoms with Gasteiger partial charge in [-0.25, -0.2) is 4.79 Å². The minimum absolute atomic E-state index is 0.300. The van der Waals surface area contributed by atoms with Crippen LogP contribution < -0.4 is 0 Å². The lowest BCUT2D eigenvalue weighted by molar-refractivity contribution is -0.138. The lowest BCUT2D eigenvalue weighted by atomic mass is 9.96. The molecule has 0 unspecified atom stereocenters. The van der Waals surface area contributed by atoms with Crippen LogP contribution in [0, 0.1) is 0 Å². The normalized spacial score (nSPS) is 12.8. The predicted octanol–water partition coefficient (Wildman–Crippen LogP) is 3.63. The molecule has 1 aromatic carbocycles. The van der Waals surface area contributed by atoms with Crippen LogP contribution >= 0.6 is 11.6 Å². The average Bonchev–Trinajstić information content (AvgIpc) is 2.26. The molecule has 0 bridgehead atoms. The van der Waals surface area contributed by atoms with Crippen molar-refractivity contribution < 1.29 is 19.8 Å². The zero-order valence-electron chi connectivity index (χ0n) is 11.6. The van der Waals surface area contributed by atoms with Crippen LogP contribution in [0.1, 0.15) is 38.8 Å². The van der Waals surface area contributed by atoms with Crippen LogP contribution in [-0.2, 0) is 4.79 Å². The van der Waals surface area contributed by atoms with E-state index in [1.165, 1.54) is 0 Å². The maximum absolute atomic E-state index is 11.5. The van der Waals surface area contributed by atoms with Crippen molar-refractivity contribution >= 4 is 23.7 Å². The third-order valence-corrected chi connectivity index (χ3v) is 3.12. The molecule has 1 rings (SSSR count). The molecule has 1 atom stereocenters. The highest BCUT2D eigenvalue weighted by Gasteiger charge is 2.35. The molecule has 0 aliphatic carbocycles. The molecule has 2 N–H and O–H groups in total. The lowest BCUT2D eigenvalue weighted by Gasteiger charge is -2.39. The van der Waals surface area contributed by atoms with E-state index in [-0.39, 0.29) is 6.42 Å². The molecule has 1 aromatic rings. The number of rotatable bonds is 4. The van der Waals surface area contributed by atoms with Gasteiger partial charge in [0.2, 0.25) is 0 Å². The highest BCUT2D eigenvalue weighted by molar-refractivity contribution is 6.30. The second kappa shape index (κ2) is 6.13. The number of halogens is 1. The molecule has 5 nitrogen and oxygen atoms in total. The van der Waals surface area contributed by atoms with Crippen molar-refractivity contribution in [2.45, 2.75) is 38.8 Å². The zero-order valence-corrected chi connectivity index (χ0v) is 12.4. The number of carboxylic acids is 1. The van der Waals surface area contributed by atoms with Crippen LogP contribution in [0.25, 0.3) is 0 Å². The molecule has 0 fully saturated rings. The van der Waals surface area contributed by atoms with Crippen molar-refractivity contribution in [3.8, 4) is 0 Å². The van der Waals surface area contributed by atoms with Crippen molar-refractivity contribution in [3.63, 3.8) is 0 Å². The summed E-state index contributed by atoms with van der Waals surface area (Å²) in [5, 5.41) is 19.0. The van der Waals surface area contributed by atoms with Crippen molar-refractivity contribution in [2.24, 2.45) is 0 Å². The first kappa shape index (κ1) is 16.3. The number of carboxylic acid groups (broad SMARTS) is 2. The SMILES string of the molecule is CC(C)(C)N(C(=O)O)[C@H](CC(=O)O)c1ccc(Cl)cc1. The van der Waals surface area contributed by atoms with Crippen molar-refractivity contribution in [3.05, 3.63) is 34.9 Å². The Kier molecular flexibility index (Phi) is 5.00. The van der Waals surface area contributed by atoms with Crippen LogP contribution in [0.3, 0.4) is 0 Å². The van der Waals surface area contributed by atoms with E-state index >= 15 is 0 Å². The van der Waals surface area contributed by atoms with Gasteiger partial charge in [0.25, 0.3) is 0 Å². The van der Waals surface area contributed by atoms with E-state index in [0.29, 0.717) is 10.6 Å². The molecule has 0 heterocycles. The molecule has 0 saturated heterocycles. The van der Waals surface area contributed by atoms with Gasteiger partial charge >= 0.3 is 12.1 Å². The van der Waals surface area contributed by atoms with Crippen LogP contribution in [0.15, 0.2) is 24.3 Å². The number of aliphatic carboxylic acids is 1. The fourth-order valence-electron chi connectivity index (χ4n) is 2.10. The van der Waals surface area contributed by atoms with Crippen molar-refractivity contribution in [1.82, 2.24) is 4.90 Å². The summed E-state index contributed by atoms with van der Waals surface area (Å²) in [5.74, 6) is -1.06. The average molecular weight is 300 g/mol. The lowest BCUT2D eigenvalue weighted by Crippen LogP contribution is -2.47. The number of amides is 1. The Balaban J connectivity index is 3.26. The molecular weight excluding hydrogens is 282 g/mol. The summed E-state index contributed by atoms with van der Waals surface area (Å²) in [6, 6.07) is 5.78. The van der Waals surface area contributed by atoms with Gasteiger partial charge in [-0.15, -0.1) is 0 Å². The Morgan fingerprint density at radius 2 is 1.70 bits per heavy atom. The number of benzene rings is 1. The third kappa shape index (κ3) is 4.13. The Morgan fingerprint density at radius 3 is 2.05 bits per heavy atom. The monoisotopic (exact) mass is 299 g/mol. The number of hydrogen-bond acceptors (Lipinski definition) is 2. The summed E-state index contributed by atoms with van der Waals surface area (Å²) in [6.07, 6.45) is -1.45. The summed E-state index contributed by atoms with van der Waals surface area (Å²) in [4.78, 5) is 23.7.